The van der Waals surface area contributed by atoms with Crippen molar-refractivity contribution in [2.45, 2.75) is 0 Å². The predicted molar refractivity (Wildman–Crippen MR) is 72.2 cm³/mol. The van der Waals surface area contributed by atoms with E-state index >= 15 is 0 Å². The van der Waals surface area contributed by atoms with Gasteiger partial charge < -0.3 is 9.32 Å². The Kier molecular flexibility index (Phi) is 2.42. The summed E-state index contributed by atoms with van der Waals surface area (Å²) in [5.41, 5.74) is 1.15. The molecule has 4 rings (SSSR count). The summed E-state index contributed by atoms with van der Waals surface area (Å²) in [6, 6.07) is 7.07. The Hall–Kier alpha value is -2.63. The largest absolute Gasteiger partial charge is 0.464 e. The van der Waals surface area contributed by atoms with E-state index in [0.29, 0.717) is 11.1 Å². The number of carbonyl (C=O) groups is 3. The Morgan fingerprint density at radius 1 is 1.14 bits per heavy atom. The maximum Gasteiger partial charge on any atom is 0.254 e. The molecule has 6 nitrogen and oxygen atoms in total. The first-order chi connectivity index (χ1) is 10.1. The van der Waals surface area contributed by atoms with Crippen molar-refractivity contribution in [1.82, 2.24) is 10.2 Å². The van der Waals surface area contributed by atoms with E-state index in [0.717, 1.165) is 5.39 Å². The molecule has 6 heteroatoms. The SMILES string of the molecule is O=C1NC(=O)[C@@H]2CN(C(=O)c3ccc4ccoc4c3)C[C@H]12. The van der Waals surface area contributed by atoms with Crippen molar-refractivity contribution < 1.29 is 18.8 Å². The van der Waals surface area contributed by atoms with Gasteiger partial charge in [0.2, 0.25) is 11.8 Å². The Morgan fingerprint density at radius 2 is 1.86 bits per heavy atom. The minimum atomic E-state index is -0.409. The van der Waals surface area contributed by atoms with Crippen molar-refractivity contribution in [2.75, 3.05) is 13.1 Å². The average molecular weight is 284 g/mol. The normalized spacial score (nSPS) is 24.5. The van der Waals surface area contributed by atoms with Gasteiger partial charge in [0.1, 0.15) is 5.58 Å². The Morgan fingerprint density at radius 3 is 2.57 bits per heavy atom. The van der Waals surface area contributed by atoms with Crippen molar-refractivity contribution in [3.8, 4) is 0 Å². The maximum absolute atomic E-state index is 12.5. The first-order valence-corrected chi connectivity index (χ1v) is 6.75. The molecule has 2 saturated heterocycles. The minimum Gasteiger partial charge on any atom is -0.464 e. The molecular weight excluding hydrogens is 272 g/mol. The smallest absolute Gasteiger partial charge is 0.254 e. The summed E-state index contributed by atoms with van der Waals surface area (Å²) < 4.78 is 5.29. The topological polar surface area (TPSA) is 79.6 Å². The first-order valence-electron chi connectivity index (χ1n) is 6.75. The van der Waals surface area contributed by atoms with Crippen LogP contribution in [0.25, 0.3) is 11.0 Å². The predicted octanol–water partition coefficient (Wildman–Crippen LogP) is 0.777. The summed E-state index contributed by atoms with van der Waals surface area (Å²) in [4.78, 5) is 37.3. The number of amides is 3. The van der Waals surface area contributed by atoms with Crippen LogP contribution in [0.4, 0.5) is 0 Å². The number of imide groups is 1. The molecule has 0 aliphatic carbocycles. The van der Waals surface area contributed by atoms with Gasteiger partial charge in [0, 0.05) is 24.0 Å². The van der Waals surface area contributed by atoms with Crippen molar-refractivity contribution in [2.24, 2.45) is 11.8 Å². The molecule has 0 saturated carbocycles. The highest BCUT2D eigenvalue weighted by molar-refractivity contribution is 6.07. The van der Waals surface area contributed by atoms with Crippen LogP contribution in [0.1, 0.15) is 10.4 Å². The molecular formula is C15H12N2O4. The standard InChI is InChI=1S/C15H12N2O4/c18-13-10-6-17(7-11(10)14(19)16-13)15(20)9-2-1-8-3-4-21-12(8)5-9/h1-5,10-11H,6-7H2,(H,16,18,19)/t10-,11+. The lowest BCUT2D eigenvalue weighted by Crippen LogP contribution is -2.35. The highest BCUT2D eigenvalue weighted by atomic mass is 16.3. The number of fused-ring (bicyclic) bond motifs is 2. The molecule has 3 heterocycles. The second kappa shape index (κ2) is 4.18. The van der Waals surface area contributed by atoms with E-state index < -0.39 is 11.8 Å². The van der Waals surface area contributed by atoms with Crippen LogP contribution in [0.15, 0.2) is 34.9 Å². The van der Waals surface area contributed by atoms with E-state index in [4.69, 9.17) is 4.42 Å². The highest BCUT2D eigenvalue weighted by Crippen LogP contribution is 2.29. The van der Waals surface area contributed by atoms with E-state index in [1.54, 1.807) is 23.3 Å². The van der Waals surface area contributed by atoms with Gasteiger partial charge >= 0.3 is 0 Å². The van der Waals surface area contributed by atoms with Crippen molar-refractivity contribution in [3.63, 3.8) is 0 Å². The molecule has 0 spiro atoms. The third-order valence-corrected chi connectivity index (χ3v) is 4.23. The van der Waals surface area contributed by atoms with Crippen molar-refractivity contribution in [1.29, 1.82) is 0 Å². The number of rotatable bonds is 1. The van der Waals surface area contributed by atoms with Gasteiger partial charge in [-0.15, -0.1) is 0 Å². The molecule has 0 bridgehead atoms. The molecule has 2 aromatic rings. The summed E-state index contributed by atoms with van der Waals surface area (Å²) in [7, 11) is 0. The second-order valence-electron chi connectivity index (χ2n) is 5.45. The van der Waals surface area contributed by atoms with Crippen LogP contribution < -0.4 is 5.32 Å². The zero-order valence-electron chi connectivity index (χ0n) is 11.0. The fourth-order valence-electron chi connectivity index (χ4n) is 3.08. The van der Waals surface area contributed by atoms with E-state index in [9.17, 15) is 14.4 Å². The number of likely N-dealkylation sites (tertiary alicyclic amines) is 1. The van der Waals surface area contributed by atoms with E-state index in [-0.39, 0.29) is 30.8 Å². The maximum atomic E-state index is 12.5. The summed E-state index contributed by atoms with van der Waals surface area (Å²) in [5.74, 6) is -1.55. The van der Waals surface area contributed by atoms with E-state index in [1.807, 2.05) is 12.1 Å². The van der Waals surface area contributed by atoms with Gasteiger partial charge in [-0.05, 0) is 18.2 Å². The van der Waals surface area contributed by atoms with Crippen LogP contribution in [0, 0.1) is 11.8 Å². The monoisotopic (exact) mass is 284 g/mol. The molecule has 21 heavy (non-hydrogen) atoms. The van der Waals surface area contributed by atoms with Gasteiger partial charge in [-0.1, -0.05) is 6.07 Å². The molecule has 0 unspecified atom stereocenters. The number of nitrogens with zero attached hydrogens (tertiary/aromatic N) is 1. The minimum absolute atomic E-state index is 0.177. The lowest BCUT2D eigenvalue weighted by atomic mass is 10.00. The summed E-state index contributed by atoms with van der Waals surface area (Å²) in [6.07, 6.45) is 1.57. The van der Waals surface area contributed by atoms with E-state index in [2.05, 4.69) is 5.32 Å². The fourth-order valence-corrected chi connectivity index (χ4v) is 3.08. The summed E-state index contributed by atoms with van der Waals surface area (Å²) in [6.45, 7) is 0.578. The fraction of sp³-hybridized carbons (Fsp3) is 0.267. The van der Waals surface area contributed by atoms with Crippen LogP contribution >= 0.6 is 0 Å². The third kappa shape index (κ3) is 1.75. The molecule has 106 valence electrons. The lowest BCUT2D eigenvalue weighted by Gasteiger charge is -2.17. The van der Waals surface area contributed by atoms with E-state index in [1.165, 1.54) is 0 Å². The van der Waals surface area contributed by atoms with Gasteiger partial charge in [0.25, 0.3) is 5.91 Å². The van der Waals surface area contributed by atoms with Crippen molar-refractivity contribution in [3.05, 3.63) is 36.1 Å². The van der Waals surface area contributed by atoms with Crippen LogP contribution in [-0.4, -0.2) is 35.7 Å². The van der Waals surface area contributed by atoms with Gasteiger partial charge in [0.15, 0.2) is 0 Å². The molecule has 0 radical (unpaired) electrons. The Bertz CT molecular complexity index is 757. The zero-order valence-corrected chi connectivity index (χ0v) is 11.0. The van der Waals surface area contributed by atoms with Crippen LogP contribution in [0.5, 0.6) is 0 Å². The Labute approximate surface area is 119 Å². The number of nitrogens with one attached hydrogen (secondary N) is 1. The number of carbonyl (C=O) groups excluding carboxylic acids is 3. The average Bonchev–Trinajstić information content (AvgIpc) is 3.16. The summed E-state index contributed by atoms with van der Waals surface area (Å²) >= 11 is 0. The van der Waals surface area contributed by atoms with Crippen LogP contribution in [0.2, 0.25) is 0 Å². The molecule has 1 aromatic carbocycles. The molecule has 1 N–H and O–H groups in total. The quantitative estimate of drug-likeness (QED) is 0.785. The summed E-state index contributed by atoms with van der Waals surface area (Å²) in [5, 5.41) is 3.24. The second-order valence-corrected chi connectivity index (χ2v) is 5.45. The van der Waals surface area contributed by atoms with Crippen LogP contribution in [0.3, 0.4) is 0 Å². The van der Waals surface area contributed by atoms with Gasteiger partial charge in [-0.2, -0.15) is 0 Å². The molecule has 2 aliphatic heterocycles. The highest BCUT2D eigenvalue weighted by Gasteiger charge is 2.48. The first kappa shape index (κ1) is 12.1. The molecule has 2 atom stereocenters. The molecule has 2 aliphatic rings. The number of furan rings is 1. The van der Waals surface area contributed by atoms with Gasteiger partial charge in [-0.25, -0.2) is 0 Å². The zero-order chi connectivity index (χ0) is 14.6. The van der Waals surface area contributed by atoms with Crippen molar-refractivity contribution >= 4 is 28.7 Å². The number of hydrogen-bond acceptors (Lipinski definition) is 4. The third-order valence-electron chi connectivity index (χ3n) is 4.23. The van der Waals surface area contributed by atoms with Gasteiger partial charge in [0.05, 0.1) is 18.1 Å². The van der Waals surface area contributed by atoms with Gasteiger partial charge in [-0.3, -0.25) is 19.7 Å². The molecule has 3 amide bonds. The Balaban J connectivity index is 1.61. The number of benzene rings is 1. The molecule has 1 aromatic heterocycles. The molecule has 2 fully saturated rings. The lowest BCUT2D eigenvalue weighted by molar-refractivity contribution is -0.126. The van der Waals surface area contributed by atoms with Crippen LogP contribution in [-0.2, 0) is 9.59 Å². The number of hydrogen-bond donors (Lipinski definition) is 1.